The average Bonchev–Trinajstić information content (AvgIpc) is 2.98. The quantitative estimate of drug-likeness (QED) is 0.700. The summed E-state index contributed by atoms with van der Waals surface area (Å²) in [5, 5.41) is 2.90. The van der Waals surface area contributed by atoms with Crippen LogP contribution in [0.15, 0.2) is 18.2 Å². The SMILES string of the molecule is Cc1ccc(C23CC4CC(CC(C(=O)N5CCC6(CC5)NC(=O)N(C)C6=O)(C4)C2)C3)cc1C. The van der Waals surface area contributed by atoms with Gasteiger partial charge in [0.15, 0.2) is 0 Å². The number of benzene rings is 1. The highest BCUT2D eigenvalue weighted by atomic mass is 16.2. The first-order valence-corrected chi connectivity index (χ1v) is 12.6. The van der Waals surface area contributed by atoms with E-state index >= 15 is 0 Å². The standard InChI is InChI=1S/C27H35N3O3/c1-17-4-5-21(10-18(17)2)25-12-19-11-20(13-25)15-26(14-19,16-25)22(31)30-8-6-27(7-9-30)23(32)29(3)24(33)28-27/h4-5,10,19-20H,6-9,11-16H2,1-3H3,(H,28,33). The van der Waals surface area contributed by atoms with Gasteiger partial charge in [0.2, 0.25) is 5.91 Å². The summed E-state index contributed by atoms with van der Waals surface area (Å²) in [5.74, 6) is 1.43. The highest BCUT2D eigenvalue weighted by molar-refractivity contribution is 6.06. The number of likely N-dealkylation sites (tertiary alicyclic amines) is 1. The van der Waals surface area contributed by atoms with Crippen molar-refractivity contribution in [2.75, 3.05) is 20.1 Å². The van der Waals surface area contributed by atoms with Gasteiger partial charge in [0.1, 0.15) is 5.54 Å². The Labute approximate surface area is 196 Å². The molecule has 4 amide bonds. The van der Waals surface area contributed by atoms with E-state index in [2.05, 4.69) is 37.4 Å². The molecule has 6 aliphatic rings. The predicted octanol–water partition coefficient (Wildman–Crippen LogP) is 3.68. The lowest BCUT2D eigenvalue weighted by Gasteiger charge is -2.62. The van der Waals surface area contributed by atoms with Gasteiger partial charge in [-0.25, -0.2) is 4.79 Å². The lowest BCUT2D eigenvalue weighted by atomic mass is 9.42. The Morgan fingerprint density at radius 1 is 1.00 bits per heavy atom. The number of imide groups is 1. The van der Waals surface area contributed by atoms with Crippen molar-refractivity contribution in [3.05, 3.63) is 34.9 Å². The largest absolute Gasteiger partial charge is 0.342 e. The second-order valence-corrected chi connectivity index (χ2v) is 12.0. The minimum absolute atomic E-state index is 0.132. The summed E-state index contributed by atoms with van der Waals surface area (Å²) in [7, 11) is 1.53. The minimum Gasteiger partial charge on any atom is -0.342 e. The molecule has 33 heavy (non-hydrogen) atoms. The smallest absolute Gasteiger partial charge is 0.324 e. The first-order valence-electron chi connectivity index (χ1n) is 12.6. The lowest BCUT2D eigenvalue weighted by Crippen LogP contribution is -2.62. The minimum atomic E-state index is -0.815. The van der Waals surface area contributed by atoms with Crippen molar-refractivity contribution in [3.63, 3.8) is 0 Å². The van der Waals surface area contributed by atoms with Crippen LogP contribution in [0.1, 0.15) is 68.1 Å². The molecule has 2 heterocycles. The molecular weight excluding hydrogens is 414 g/mol. The van der Waals surface area contributed by atoms with E-state index < -0.39 is 5.54 Å². The Morgan fingerprint density at radius 3 is 2.24 bits per heavy atom. The fourth-order valence-corrected chi connectivity index (χ4v) is 8.44. The van der Waals surface area contributed by atoms with Gasteiger partial charge in [0.25, 0.3) is 5.91 Å². The van der Waals surface area contributed by atoms with E-state index in [-0.39, 0.29) is 22.8 Å². The first kappa shape index (κ1) is 21.2. The van der Waals surface area contributed by atoms with Crippen molar-refractivity contribution in [1.29, 1.82) is 0 Å². The fraction of sp³-hybridized carbons (Fsp3) is 0.667. The van der Waals surface area contributed by atoms with Crippen molar-refractivity contribution in [2.24, 2.45) is 17.3 Å². The Hall–Kier alpha value is -2.37. The molecule has 4 saturated carbocycles. The van der Waals surface area contributed by atoms with E-state index in [0.29, 0.717) is 43.7 Å². The highest BCUT2D eigenvalue weighted by Gasteiger charge is 2.62. The second kappa shape index (κ2) is 6.83. The zero-order valence-corrected chi connectivity index (χ0v) is 20.1. The lowest BCUT2D eigenvalue weighted by molar-refractivity contribution is -0.162. The summed E-state index contributed by atoms with van der Waals surface area (Å²) in [6, 6.07) is 6.64. The van der Waals surface area contributed by atoms with Crippen LogP contribution in [0.25, 0.3) is 0 Å². The third-order valence-corrected chi connectivity index (χ3v) is 9.90. The molecule has 1 aromatic rings. The molecule has 4 aliphatic carbocycles. The highest BCUT2D eigenvalue weighted by Crippen LogP contribution is 2.66. The number of amides is 4. The number of urea groups is 1. The van der Waals surface area contributed by atoms with Crippen LogP contribution < -0.4 is 5.32 Å². The van der Waals surface area contributed by atoms with Gasteiger partial charge >= 0.3 is 6.03 Å². The van der Waals surface area contributed by atoms with Crippen molar-refractivity contribution < 1.29 is 14.4 Å². The van der Waals surface area contributed by atoms with Gasteiger partial charge in [-0.2, -0.15) is 0 Å². The van der Waals surface area contributed by atoms with Crippen LogP contribution in [0.2, 0.25) is 0 Å². The van der Waals surface area contributed by atoms with E-state index in [1.165, 1.54) is 47.9 Å². The number of rotatable bonds is 2. The summed E-state index contributed by atoms with van der Waals surface area (Å²) >= 11 is 0. The van der Waals surface area contributed by atoms with E-state index in [0.717, 1.165) is 19.3 Å². The van der Waals surface area contributed by atoms with E-state index in [4.69, 9.17) is 0 Å². The van der Waals surface area contributed by atoms with Crippen LogP contribution in [0.4, 0.5) is 4.79 Å². The molecule has 2 unspecified atom stereocenters. The molecule has 1 aromatic carbocycles. The van der Waals surface area contributed by atoms with E-state index in [1.54, 1.807) is 0 Å². The zero-order chi connectivity index (χ0) is 23.2. The van der Waals surface area contributed by atoms with Crippen LogP contribution in [0.5, 0.6) is 0 Å². The Morgan fingerprint density at radius 2 is 1.67 bits per heavy atom. The molecule has 6 heteroatoms. The number of hydrogen-bond donors (Lipinski definition) is 1. The molecule has 6 nitrogen and oxygen atoms in total. The van der Waals surface area contributed by atoms with Crippen LogP contribution in [-0.4, -0.2) is 53.3 Å². The molecule has 176 valence electrons. The van der Waals surface area contributed by atoms with Crippen molar-refractivity contribution in [3.8, 4) is 0 Å². The first-order chi connectivity index (χ1) is 15.7. The molecule has 1 spiro atoms. The maximum atomic E-state index is 14.1. The summed E-state index contributed by atoms with van der Waals surface area (Å²) in [6.07, 6.45) is 7.75. The second-order valence-electron chi connectivity index (χ2n) is 12.0. The molecule has 2 saturated heterocycles. The Bertz CT molecular complexity index is 1040. The monoisotopic (exact) mass is 449 g/mol. The number of carbonyl (C=O) groups excluding carboxylic acids is 3. The van der Waals surface area contributed by atoms with Crippen LogP contribution >= 0.6 is 0 Å². The van der Waals surface area contributed by atoms with Gasteiger partial charge in [-0.15, -0.1) is 0 Å². The van der Waals surface area contributed by atoms with Crippen LogP contribution in [0, 0.1) is 31.1 Å². The number of piperidine rings is 1. The molecule has 0 radical (unpaired) electrons. The zero-order valence-electron chi connectivity index (χ0n) is 20.1. The number of aryl methyl sites for hydroxylation is 2. The summed E-state index contributed by atoms with van der Waals surface area (Å²) < 4.78 is 0. The molecule has 6 fully saturated rings. The molecule has 0 aromatic heterocycles. The topological polar surface area (TPSA) is 69.7 Å². The van der Waals surface area contributed by atoms with Crippen LogP contribution in [0.3, 0.4) is 0 Å². The number of hydrogen-bond acceptors (Lipinski definition) is 3. The molecule has 2 atom stereocenters. The number of nitrogens with zero attached hydrogens (tertiary/aromatic N) is 2. The fourth-order valence-electron chi connectivity index (χ4n) is 8.44. The third kappa shape index (κ3) is 2.95. The Kier molecular flexibility index (Phi) is 4.38. The maximum Gasteiger partial charge on any atom is 0.324 e. The molecule has 4 bridgehead atoms. The molecule has 7 rings (SSSR count). The number of likely N-dealkylation sites (N-methyl/N-ethyl adjacent to an activating group) is 1. The van der Waals surface area contributed by atoms with Gasteiger partial charge in [-0.05, 0) is 99.2 Å². The summed E-state index contributed by atoms with van der Waals surface area (Å²) in [4.78, 5) is 42.0. The van der Waals surface area contributed by atoms with E-state index in [9.17, 15) is 14.4 Å². The Balaban J connectivity index is 1.25. The predicted molar refractivity (Wildman–Crippen MR) is 125 cm³/mol. The number of nitrogens with one attached hydrogen (secondary N) is 1. The van der Waals surface area contributed by atoms with E-state index in [1.807, 2.05) is 4.90 Å². The number of carbonyl (C=O) groups is 3. The van der Waals surface area contributed by atoms with Gasteiger partial charge in [0.05, 0.1) is 5.41 Å². The van der Waals surface area contributed by atoms with Gasteiger partial charge in [-0.3, -0.25) is 14.5 Å². The van der Waals surface area contributed by atoms with Crippen LogP contribution in [-0.2, 0) is 15.0 Å². The normalized spacial score (nSPS) is 36.6. The van der Waals surface area contributed by atoms with Gasteiger partial charge in [0, 0.05) is 20.1 Å². The van der Waals surface area contributed by atoms with Crippen molar-refractivity contribution in [1.82, 2.24) is 15.1 Å². The maximum absolute atomic E-state index is 14.1. The summed E-state index contributed by atoms with van der Waals surface area (Å²) in [5.41, 5.74) is 3.18. The molecular formula is C27H35N3O3. The third-order valence-electron chi connectivity index (χ3n) is 9.90. The van der Waals surface area contributed by atoms with Gasteiger partial charge in [-0.1, -0.05) is 18.2 Å². The summed E-state index contributed by atoms with van der Waals surface area (Å²) in [6.45, 7) is 5.46. The van der Waals surface area contributed by atoms with Crippen molar-refractivity contribution in [2.45, 2.75) is 76.2 Å². The average molecular weight is 450 g/mol. The van der Waals surface area contributed by atoms with Gasteiger partial charge < -0.3 is 10.2 Å². The molecule has 1 N–H and O–H groups in total. The molecule has 2 aliphatic heterocycles. The van der Waals surface area contributed by atoms with Crippen molar-refractivity contribution >= 4 is 17.8 Å².